The zero-order valence-electron chi connectivity index (χ0n) is 29.9. The van der Waals surface area contributed by atoms with E-state index in [1.807, 2.05) is 29.2 Å². The van der Waals surface area contributed by atoms with E-state index in [0.717, 1.165) is 72.5 Å². The number of hydrogen-bond donors (Lipinski definition) is 3. The molecular weight excluding hydrogens is 664 g/mol. The van der Waals surface area contributed by atoms with E-state index in [0.29, 0.717) is 61.8 Å². The van der Waals surface area contributed by atoms with Gasteiger partial charge in [0.1, 0.15) is 23.1 Å². The lowest BCUT2D eigenvalue weighted by molar-refractivity contribution is -0.135. The van der Waals surface area contributed by atoms with Crippen LogP contribution in [0.15, 0.2) is 53.6 Å². The van der Waals surface area contributed by atoms with E-state index in [1.54, 1.807) is 38.2 Å². The normalized spacial score (nSPS) is 18.8. The van der Waals surface area contributed by atoms with Gasteiger partial charge in [0.05, 0.1) is 26.0 Å². The third-order valence-corrected chi connectivity index (χ3v) is 10.7. The monoisotopic (exact) mass is 710 g/mol. The van der Waals surface area contributed by atoms with E-state index in [1.165, 1.54) is 0 Å². The summed E-state index contributed by atoms with van der Waals surface area (Å²) in [5.74, 6) is 1.48. The van der Waals surface area contributed by atoms with Crippen LogP contribution in [-0.4, -0.2) is 102 Å². The average molecular weight is 711 g/mol. The minimum atomic E-state index is -0.403. The molecule has 7 rings (SSSR count). The number of nitrogens with one attached hydrogen (secondary N) is 3. The van der Waals surface area contributed by atoms with E-state index in [4.69, 9.17) is 9.47 Å². The largest absolute Gasteiger partial charge is 0.496 e. The molecule has 0 bridgehead atoms. The molecule has 274 valence electrons. The maximum atomic E-state index is 13.4. The number of amides is 3. The smallest absolute Gasteiger partial charge is 0.276 e. The number of methoxy groups -OCH3 is 2. The Balaban J connectivity index is 0.900. The molecule has 3 N–H and O–H groups in total. The zero-order chi connectivity index (χ0) is 36.4. The maximum absolute atomic E-state index is 13.4. The number of piperidine rings is 2. The SMILES string of the molecule is COc1cc(-c2cn(C)c(=O)c3[nH]ncc23)cc(OC)c1CN1CCN(C(=O)CC2CCN(c3ccc(NC4CCC(=O)NC4=O)cc3)CC2)CC1. The van der Waals surface area contributed by atoms with Crippen molar-refractivity contribution in [3.63, 3.8) is 0 Å². The second kappa shape index (κ2) is 15.1. The van der Waals surface area contributed by atoms with Crippen molar-refractivity contribution >= 4 is 40.0 Å². The van der Waals surface area contributed by atoms with Gasteiger partial charge in [-0.1, -0.05) is 0 Å². The first-order valence-corrected chi connectivity index (χ1v) is 17.9. The highest BCUT2D eigenvalue weighted by atomic mass is 16.5. The molecule has 3 fully saturated rings. The van der Waals surface area contributed by atoms with Crippen molar-refractivity contribution in [1.29, 1.82) is 0 Å². The van der Waals surface area contributed by atoms with Crippen molar-refractivity contribution in [2.24, 2.45) is 13.0 Å². The lowest BCUT2D eigenvalue weighted by Crippen LogP contribution is -2.49. The highest BCUT2D eigenvalue weighted by molar-refractivity contribution is 6.01. The average Bonchev–Trinajstić information content (AvgIpc) is 3.66. The summed E-state index contributed by atoms with van der Waals surface area (Å²) in [5.41, 5.74) is 4.93. The van der Waals surface area contributed by atoms with Gasteiger partial charge in [-0.05, 0) is 67.1 Å². The molecule has 14 heteroatoms. The number of rotatable bonds is 10. The zero-order valence-corrected chi connectivity index (χ0v) is 29.9. The number of fused-ring (bicyclic) bond motifs is 1. The molecule has 2 aromatic heterocycles. The van der Waals surface area contributed by atoms with Crippen LogP contribution in [0.4, 0.5) is 11.4 Å². The number of carbonyl (C=O) groups is 3. The Labute approximate surface area is 302 Å². The Morgan fingerprint density at radius 2 is 1.63 bits per heavy atom. The molecule has 0 saturated carbocycles. The van der Waals surface area contributed by atoms with E-state index in [2.05, 4.69) is 42.8 Å². The van der Waals surface area contributed by atoms with Crippen molar-refractivity contribution in [2.45, 2.75) is 44.7 Å². The number of pyridine rings is 1. The van der Waals surface area contributed by atoms with Gasteiger partial charge in [-0.3, -0.25) is 34.5 Å². The summed E-state index contributed by atoms with van der Waals surface area (Å²) >= 11 is 0. The lowest BCUT2D eigenvalue weighted by Gasteiger charge is -2.37. The van der Waals surface area contributed by atoms with Crippen LogP contribution in [0.5, 0.6) is 11.5 Å². The van der Waals surface area contributed by atoms with Crippen molar-refractivity contribution in [3.05, 3.63) is 64.7 Å². The molecule has 3 amide bonds. The molecule has 0 aliphatic carbocycles. The number of ether oxygens (including phenoxy) is 2. The Hall–Kier alpha value is -5.37. The van der Waals surface area contributed by atoms with Gasteiger partial charge >= 0.3 is 0 Å². The van der Waals surface area contributed by atoms with E-state index < -0.39 is 6.04 Å². The van der Waals surface area contributed by atoms with Gasteiger partial charge in [0.25, 0.3) is 5.56 Å². The predicted molar refractivity (Wildman–Crippen MR) is 198 cm³/mol. The van der Waals surface area contributed by atoms with Gasteiger partial charge in [0, 0.05) is 94.2 Å². The highest BCUT2D eigenvalue weighted by Gasteiger charge is 2.29. The molecule has 3 saturated heterocycles. The maximum Gasteiger partial charge on any atom is 0.276 e. The molecule has 14 nitrogen and oxygen atoms in total. The Kier molecular flexibility index (Phi) is 10.2. The number of anilines is 2. The van der Waals surface area contributed by atoms with Gasteiger partial charge in [-0.2, -0.15) is 5.10 Å². The molecular formula is C38H46N8O6. The van der Waals surface area contributed by atoms with Gasteiger partial charge in [0.2, 0.25) is 17.7 Å². The Morgan fingerprint density at radius 3 is 2.29 bits per heavy atom. The number of aromatic amines is 1. The molecule has 4 aromatic rings. The Bertz CT molecular complexity index is 1980. The van der Waals surface area contributed by atoms with Crippen LogP contribution < -0.4 is 30.6 Å². The fraction of sp³-hybridized carbons (Fsp3) is 0.447. The summed E-state index contributed by atoms with van der Waals surface area (Å²) < 4.78 is 13.3. The number of imide groups is 1. The second-order valence-electron chi connectivity index (χ2n) is 14.0. The molecule has 3 aliphatic rings. The molecule has 0 spiro atoms. The van der Waals surface area contributed by atoms with E-state index in [9.17, 15) is 19.2 Å². The number of carbonyl (C=O) groups excluding carboxylic acids is 3. The highest BCUT2D eigenvalue weighted by Crippen LogP contribution is 2.38. The van der Waals surface area contributed by atoms with Crippen molar-refractivity contribution < 1.29 is 23.9 Å². The molecule has 0 radical (unpaired) electrons. The van der Waals surface area contributed by atoms with Crippen LogP contribution in [0.2, 0.25) is 0 Å². The lowest BCUT2D eigenvalue weighted by atomic mass is 9.92. The number of hydrogen-bond acceptors (Lipinski definition) is 10. The third kappa shape index (κ3) is 7.33. The summed E-state index contributed by atoms with van der Waals surface area (Å²) in [6.45, 7) is 5.26. The molecule has 2 aromatic carbocycles. The van der Waals surface area contributed by atoms with Crippen LogP contribution in [-0.2, 0) is 28.0 Å². The van der Waals surface area contributed by atoms with E-state index >= 15 is 0 Å². The molecule has 52 heavy (non-hydrogen) atoms. The van der Waals surface area contributed by atoms with E-state index in [-0.39, 0.29) is 23.3 Å². The van der Waals surface area contributed by atoms with Crippen LogP contribution in [0.3, 0.4) is 0 Å². The number of nitrogens with zero attached hydrogens (tertiary/aromatic N) is 5. The number of aromatic nitrogens is 3. The summed E-state index contributed by atoms with van der Waals surface area (Å²) in [7, 11) is 5.02. The first-order chi connectivity index (χ1) is 25.2. The minimum Gasteiger partial charge on any atom is -0.496 e. The second-order valence-corrected chi connectivity index (χ2v) is 14.0. The number of H-pyrrole nitrogens is 1. The minimum absolute atomic E-state index is 0.142. The number of benzene rings is 2. The predicted octanol–water partition coefficient (Wildman–Crippen LogP) is 3.11. The Morgan fingerprint density at radius 1 is 0.942 bits per heavy atom. The van der Waals surface area contributed by atoms with Crippen molar-refractivity contribution in [3.8, 4) is 22.6 Å². The summed E-state index contributed by atoms with van der Waals surface area (Å²) in [6.07, 6.45) is 6.79. The molecule has 3 aliphatic heterocycles. The molecule has 1 atom stereocenters. The number of aryl methyl sites for hydroxylation is 1. The van der Waals surface area contributed by atoms with Gasteiger partial charge < -0.3 is 29.2 Å². The number of piperazine rings is 1. The fourth-order valence-corrected chi connectivity index (χ4v) is 7.63. The van der Waals surface area contributed by atoms with Crippen molar-refractivity contribution in [2.75, 3.05) is 63.7 Å². The molecule has 5 heterocycles. The van der Waals surface area contributed by atoms with Gasteiger partial charge in [-0.25, -0.2) is 0 Å². The van der Waals surface area contributed by atoms with Crippen LogP contribution in [0.25, 0.3) is 22.0 Å². The standard InChI is InChI=1S/C38H46N8O6/c1-43-22-29(28-21-39-42-36(28)38(43)50)25-19-32(51-2)30(33(20-25)52-3)23-44-14-16-46(17-15-44)35(48)18-24-10-12-45(13-11-24)27-6-4-26(5-7-27)40-31-8-9-34(47)41-37(31)49/h4-7,19-22,24,31,40H,8-18,23H2,1-3H3,(H,39,42)(H,41,47,49). The summed E-state index contributed by atoms with van der Waals surface area (Å²) in [5, 5.41) is 13.3. The first kappa shape index (κ1) is 35.1. The van der Waals surface area contributed by atoms with Gasteiger partial charge in [0.15, 0.2) is 0 Å². The first-order valence-electron chi connectivity index (χ1n) is 17.9. The van der Waals surface area contributed by atoms with Crippen LogP contribution in [0, 0.1) is 5.92 Å². The summed E-state index contributed by atoms with van der Waals surface area (Å²) in [4.78, 5) is 56.2. The molecule has 1 unspecified atom stereocenters. The van der Waals surface area contributed by atoms with Gasteiger partial charge in [-0.15, -0.1) is 0 Å². The fourth-order valence-electron chi connectivity index (χ4n) is 7.63. The quantitative estimate of drug-likeness (QED) is 0.209. The van der Waals surface area contributed by atoms with Crippen LogP contribution in [0.1, 0.15) is 37.7 Å². The van der Waals surface area contributed by atoms with Crippen LogP contribution >= 0.6 is 0 Å². The summed E-state index contributed by atoms with van der Waals surface area (Å²) in [6, 6.07) is 11.6. The van der Waals surface area contributed by atoms with Crippen molar-refractivity contribution in [1.82, 2.24) is 29.9 Å². The third-order valence-electron chi connectivity index (χ3n) is 10.7. The topological polar surface area (TPSA) is 154 Å².